The van der Waals surface area contributed by atoms with E-state index in [0.717, 1.165) is 32.1 Å². The molecule has 1 aromatic carbocycles. The fourth-order valence-corrected chi connectivity index (χ4v) is 3.82. The van der Waals surface area contributed by atoms with E-state index in [1.165, 1.54) is 11.3 Å². The van der Waals surface area contributed by atoms with Crippen molar-refractivity contribution in [1.82, 2.24) is 10.2 Å². The summed E-state index contributed by atoms with van der Waals surface area (Å²) in [6.07, 6.45) is 5.75. The topological polar surface area (TPSA) is 84.9 Å². The number of carbonyl (C=O) groups is 3. The van der Waals surface area contributed by atoms with E-state index in [2.05, 4.69) is 5.32 Å². The smallest absolute Gasteiger partial charge is 0.308 e. The third-order valence-electron chi connectivity index (χ3n) is 5.38. The van der Waals surface area contributed by atoms with E-state index < -0.39 is 12.0 Å². The van der Waals surface area contributed by atoms with Gasteiger partial charge in [-0.2, -0.15) is 0 Å². The minimum atomic E-state index is -0.844. The Balaban J connectivity index is 1.64. The molecule has 1 aliphatic heterocycles. The van der Waals surface area contributed by atoms with E-state index in [1.807, 2.05) is 6.92 Å². The number of hydrogen-bond donors (Lipinski definition) is 1. The molecule has 2 amide bonds. The first kappa shape index (κ1) is 21.1. The Hall–Kier alpha value is -2.57. The van der Waals surface area contributed by atoms with Gasteiger partial charge in [0.2, 0.25) is 5.91 Å². The van der Waals surface area contributed by atoms with Gasteiger partial charge < -0.3 is 19.7 Å². The van der Waals surface area contributed by atoms with Crippen LogP contribution in [-0.2, 0) is 14.3 Å². The molecule has 0 aromatic heterocycles. The summed E-state index contributed by atoms with van der Waals surface area (Å²) in [7, 11) is 0. The van der Waals surface area contributed by atoms with Crippen molar-refractivity contribution in [3.05, 3.63) is 29.8 Å². The minimum absolute atomic E-state index is 0.0669. The van der Waals surface area contributed by atoms with Crippen LogP contribution in [0.4, 0.5) is 0 Å². The highest BCUT2D eigenvalue weighted by atomic mass is 16.5. The summed E-state index contributed by atoms with van der Waals surface area (Å²) < 4.78 is 11.1. The van der Waals surface area contributed by atoms with Gasteiger partial charge in [-0.05, 0) is 56.4 Å². The molecule has 0 radical (unpaired) electrons. The molecule has 0 spiro atoms. The number of hydrogen-bond acceptors (Lipinski definition) is 5. The standard InChI is InChI=1S/C22H30N2O5/c1-2-14-28-17-10-8-16(9-11-17)22(27)24-13-12-23-21(26)19(24)15-20(25)29-18-6-4-3-5-7-18/h8-11,18-19H,2-7,12-15H2,1H3,(H,23,26)/t19-/m0/s1. The van der Waals surface area contributed by atoms with E-state index in [0.29, 0.717) is 31.0 Å². The molecule has 1 saturated carbocycles. The summed E-state index contributed by atoms with van der Waals surface area (Å²) in [6.45, 7) is 3.37. The number of rotatable bonds is 7. The minimum Gasteiger partial charge on any atom is -0.494 e. The van der Waals surface area contributed by atoms with Crippen molar-refractivity contribution in [3.63, 3.8) is 0 Å². The molecule has 3 rings (SSSR count). The maximum Gasteiger partial charge on any atom is 0.308 e. The van der Waals surface area contributed by atoms with Crippen LogP contribution in [0.2, 0.25) is 0 Å². The largest absolute Gasteiger partial charge is 0.494 e. The Labute approximate surface area is 171 Å². The van der Waals surface area contributed by atoms with Crippen molar-refractivity contribution >= 4 is 17.8 Å². The SMILES string of the molecule is CCCOc1ccc(C(=O)N2CCNC(=O)[C@@H]2CC(=O)OC2CCCCC2)cc1. The third kappa shape index (κ3) is 5.71. The number of benzene rings is 1. The normalized spacial score (nSPS) is 20.1. The lowest BCUT2D eigenvalue weighted by molar-refractivity contribution is -0.153. The molecular weight excluding hydrogens is 372 g/mol. The predicted octanol–water partition coefficient (Wildman–Crippen LogP) is 2.68. The van der Waals surface area contributed by atoms with Gasteiger partial charge in [-0.1, -0.05) is 13.3 Å². The van der Waals surface area contributed by atoms with Crippen LogP contribution in [0, 0.1) is 0 Å². The second kappa shape index (κ2) is 10.3. The van der Waals surface area contributed by atoms with Crippen LogP contribution in [-0.4, -0.2) is 54.5 Å². The van der Waals surface area contributed by atoms with E-state index in [-0.39, 0.29) is 24.3 Å². The van der Waals surface area contributed by atoms with Crippen LogP contribution >= 0.6 is 0 Å². The van der Waals surface area contributed by atoms with Gasteiger partial charge in [0, 0.05) is 18.7 Å². The molecule has 0 unspecified atom stereocenters. The lowest BCUT2D eigenvalue weighted by atomic mass is 9.98. The number of ether oxygens (including phenoxy) is 2. The summed E-state index contributed by atoms with van der Waals surface area (Å²) in [5.74, 6) is -0.294. The predicted molar refractivity (Wildman–Crippen MR) is 108 cm³/mol. The van der Waals surface area contributed by atoms with E-state index in [1.54, 1.807) is 24.3 Å². The fourth-order valence-electron chi connectivity index (χ4n) is 3.82. The highest BCUT2D eigenvalue weighted by Crippen LogP contribution is 2.22. The Kier molecular flexibility index (Phi) is 7.49. The average molecular weight is 402 g/mol. The van der Waals surface area contributed by atoms with Crippen LogP contribution in [0.5, 0.6) is 5.75 Å². The van der Waals surface area contributed by atoms with Gasteiger partial charge in [-0.25, -0.2) is 0 Å². The lowest BCUT2D eigenvalue weighted by Crippen LogP contribution is -2.58. The molecule has 1 aliphatic carbocycles. The van der Waals surface area contributed by atoms with E-state index >= 15 is 0 Å². The summed E-state index contributed by atoms with van der Waals surface area (Å²) in [6, 6.07) is 6.04. The van der Waals surface area contributed by atoms with Crippen molar-refractivity contribution in [3.8, 4) is 5.75 Å². The van der Waals surface area contributed by atoms with Gasteiger partial charge in [0.25, 0.3) is 5.91 Å². The zero-order chi connectivity index (χ0) is 20.6. The molecule has 1 N–H and O–H groups in total. The van der Waals surface area contributed by atoms with Gasteiger partial charge in [0.15, 0.2) is 0 Å². The van der Waals surface area contributed by atoms with E-state index in [9.17, 15) is 14.4 Å². The first-order valence-corrected chi connectivity index (χ1v) is 10.6. The molecule has 0 bridgehead atoms. The van der Waals surface area contributed by atoms with Crippen LogP contribution in [0.15, 0.2) is 24.3 Å². The average Bonchev–Trinajstić information content (AvgIpc) is 2.74. The van der Waals surface area contributed by atoms with Crippen LogP contribution in [0.3, 0.4) is 0 Å². The van der Waals surface area contributed by atoms with E-state index in [4.69, 9.17) is 9.47 Å². The molecule has 1 saturated heterocycles. The molecule has 2 fully saturated rings. The quantitative estimate of drug-likeness (QED) is 0.709. The van der Waals surface area contributed by atoms with Crippen molar-refractivity contribution in [2.45, 2.75) is 64.0 Å². The molecule has 1 heterocycles. The van der Waals surface area contributed by atoms with Gasteiger partial charge >= 0.3 is 5.97 Å². The monoisotopic (exact) mass is 402 g/mol. The zero-order valence-corrected chi connectivity index (χ0v) is 17.0. The number of amides is 2. The van der Waals surface area contributed by atoms with Crippen molar-refractivity contribution in [2.75, 3.05) is 19.7 Å². The van der Waals surface area contributed by atoms with Gasteiger partial charge in [-0.3, -0.25) is 14.4 Å². The summed E-state index contributed by atoms with van der Waals surface area (Å²) in [5, 5.41) is 2.75. The molecule has 2 aliphatic rings. The van der Waals surface area contributed by atoms with Crippen molar-refractivity contribution < 1.29 is 23.9 Å². The van der Waals surface area contributed by atoms with Crippen LogP contribution < -0.4 is 10.1 Å². The molecule has 7 heteroatoms. The molecule has 7 nitrogen and oxygen atoms in total. The first-order chi connectivity index (χ1) is 14.1. The van der Waals surface area contributed by atoms with Crippen LogP contribution in [0.25, 0.3) is 0 Å². The van der Waals surface area contributed by atoms with Crippen LogP contribution in [0.1, 0.15) is 62.2 Å². The lowest BCUT2D eigenvalue weighted by Gasteiger charge is -2.35. The number of piperazine rings is 1. The highest BCUT2D eigenvalue weighted by molar-refractivity contribution is 5.99. The number of esters is 1. The van der Waals surface area contributed by atoms with Crippen molar-refractivity contribution in [1.29, 1.82) is 0 Å². The third-order valence-corrected chi connectivity index (χ3v) is 5.38. The summed E-state index contributed by atoms with van der Waals surface area (Å²) >= 11 is 0. The highest BCUT2D eigenvalue weighted by Gasteiger charge is 2.36. The van der Waals surface area contributed by atoms with Gasteiger partial charge in [0.1, 0.15) is 17.9 Å². The maximum atomic E-state index is 13.0. The van der Waals surface area contributed by atoms with Crippen molar-refractivity contribution in [2.24, 2.45) is 0 Å². The Bertz CT molecular complexity index is 712. The summed E-state index contributed by atoms with van der Waals surface area (Å²) in [4.78, 5) is 39.3. The second-order valence-corrected chi connectivity index (χ2v) is 7.63. The fraction of sp³-hybridized carbons (Fsp3) is 0.591. The second-order valence-electron chi connectivity index (χ2n) is 7.63. The number of nitrogens with one attached hydrogen (secondary N) is 1. The number of nitrogens with zero attached hydrogens (tertiary/aromatic N) is 1. The Morgan fingerprint density at radius 3 is 2.55 bits per heavy atom. The zero-order valence-electron chi connectivity index (χ0n) is 17.0. The molecule has 158 valence electrons. The van der Waals surface area contributed by atoms with Gasteiger partial charge in [0.05, 0.1) is 13.0 Å². The molecule has 1 atom stereocenters. The molecule has 1 aromatic rings. The Morgan fingerprint density at radius 2 is 1.86 bits per heavy atom. The first-order valence-electron chi connectivity index (χ1n) is 10.6. The number of carbonyl (C=O) groups excluding carboxylic acids is 3. The summed E-state index contributed by atoms with van der Waals surface area (Å²) in [5.41, 5.74) is 0.467. The molecular formula is C22H30N2O5. The molecule has 29 heavy (non-hydrogen) atoms. The van der Waals surface area contributed by atoms with Gasteiger partial charge in [-0.15, -0.1) is 0 Å². The Morgan fingerprint density at radius 1 is 1.14 bits per heavy atom. The maximum absolute atomic E-state index is 13.0.